The van der Waals surface area contributed by atoms with Crippen LogP contribution in [0.4, 0.5) is 11.4 Å². The van der Waals surface area contributed by atoms with Crippen molar-refractivity contribution in [2.45, 2.75) is 32.7 Å². The van der Waals surface area contributed by atoms with Crippen LogP contribution in [0.5, 0.6) is 0 Å². The SMILES string of the molecule is CC(C)N(CC1CC1)c1ccc(N)cc1C(=O)O. The van der Waals surface area contributed by atoms with Crippen molar-refractivity contribution >= 4 is 17.3 Å². The second-order valence-electron chi connectivity index (χ2n) is 5.27. The maximum Gasteiger partial charge on any atom is 0.337 e. The minimum absolute atomic E-state index is 0.285. The molecule has 1 aromatic rings. The van der Waals surface area contributed by atoms with Crippen LogP contribution in [0, 0.1) is 5.92 Å². The van der Waals surface area contributed by atoms with E-state index < -0.39 is 5.97 Å². The standard InChI is InChI=1S/C14H20N2O2/c1-9(2)16(8-10-3-4-10)13-6-5-11(15)7-12(13)14(17)18/h5-7,9-10H,3-4,8,15H2,1-2H3,(H,17,18). The van der Waals surface area contributed by atoms with Gasteiger partial charge in [-0.25, -0.2) is 4.79 Å². The Morgan fingerprint density at radius 1 is 1.50 bits per heavy atom. The van der Waals surface area contributed by atoms with E-state index in [1.165, 1.54) is 12.8 Å². The Labute approximate surface area is 107 Å². The third-order valence-corrected chi connectivity index (χ3v) is 3.34. The Kier molecular flexibility index (Phi) is 3.45. The van der Waals surface area contributed by atoms with Crippen molar-refractivity contribution in [2.24, 2.45) is 5.92 Å². The van der Waals surface area contributed by atoms with Gasteiger partial charge in [0, 0.05) is 18.3 Å². The van der Waals surface area contributed by atoms with E-state index in [9.17, 15) is 9.90 Å². The second kappa shape index (κ2) is 4.88. The van der Waals surface area contributed by atoms with Gasteiger partial charge in [-0.2, -0.15) is 0 Å². The molecule has 4 heteroatoms. The quantitative estimate of drug-likeness (QED) is 0.786. The fourth-order valence-electron chi connectivity index (χ4n) is 2.14. The van der Waals surface area contributed by atoms with E-state index in [1.807, 2.05) is 6.07 Å². The fourth-order valence-corrected chi connectivity index (χ4v) is 2.14. The zero-order chi connectivity index (χ0) is 13.3. The van der Waals surface area contributed by atoms with Gasteiger partial charge in [-0.1, -0.05) is 0 Å². The first-order valence-electron chi connectivity index (χ1n) is 6.38. The lowest BCUT2D eigenvalue weighted by molar-refractivity contribution is 0.0697. The lowest BCUT2D eigenvalue weighted by Gasteiger charge is -2.30. The third-order valence-electron chi connectivity index (χ3n) is 3.34. The molecule has 1 aliphatic rings. The van der Waals surface area contributed by atoms with E-state index in [-0.39, 0.29) is 6.04 Å². The number of anilines is 2. The first-order valence-corrected chi connectivity index (χ1v) is 6.38. The number of aromatic carboxylic acids is 1. The molecule has 0 unspecified atom stereocenters. The van der Waals surface area contributed by atoms with Gasteiger partial charge in [0.25, 0.3) is 0 Å². The van der Waals surface area contributed by atoms with E-state index in [4.69, 9.17) is 5.73 Å². The van der Waals surface area contributed by atoms with E-state index in [2.05, 4.69) is 18.7 Å². The summed E-state index contributed by atoms with van der Waals surface area (Å²) < 4.78 is 0. The Bertz CT molecular complexity index is 453. The van der Waals surface area contributed by atoms with Crippen molar-refractivity contribution in [3.63, 3.8) is 0 Å². The van der Waals surface area contributed by atoms with Crippen molar-refractivity contribution < 1.29 is 9.90 Å². The summed E-state index contributed by atoms with van der Waals surface area (Å²) in [5.74, 6) is -0.203. The first-order chi connectivity index (χ1) is 8.49. The first kappa shape index (κ1) is 12.7. The summed E-state index contributed by atoms with van der Waals surface area (Å²) in [6, 6.07) is 5.41. The minimum Gasteiger partial charge on any atom is -0.478 e. The van der Waals surface area contributed by atoms with Gasteiger partial charge in [-0.15, -0.1) is 0 Å². The summed E-state index contributed by atoms with van der Waals surface area (Å²) in [5, 5.41) is 9.29. The molecule has 2 rings (SSSR count). The summed E-state index contributed by atoms with van der Waals surface area (Å²) in [5.41, 5.74) is 7.24. The average Bonchev–Trinajstić information content (AvgIpc) is 3.09. The number of hydrogen-bond acceptors (Lipinski definition) is 3. The molecule has 1 aromatic carbocycles. The summed E-state index contributed by atoms with van der Waals surface area (Å²) >= 11 is 0. The maximum absolute atomic E-state index is 11.3. The molecule has 0 radical (unpaired) electrons. The molecule has 1 fully saturated rings. The maximum atomic E-state index is 11.3. The summed E-state index contributed by atoms with van der Waals surface area (Å²) in [6.07, 6.45) is 2.50. The highest BCUT2D eigenvalue weighted by molar-refractivity contribution is 5.95. The summed E-state index contributed by atoms with van der Waals surface area (Å²) in [7, 11) is 0. The Morgan fingerprint density at radius 2 is 2.17 bits per heavy atom. The second-order valence-corrected chi connectivity index (χ2v) is 5.27. The molecule has 0 aliphatic heterocycles. The molecule has 0 saturated heterocycles. The van der Waals surface area contributed by atoms with Crippen molar-refractivity contribution in [1.82, 2.24) is 0 Å². The predicted molar refractivity (Wildman–Crippen MR) is 73.0 cm³/mol. The van der Waals surface area contributed by atoms with Gasteiger partial charge in [0.2, 0.25) is 0 Å². The fraction of sp³-hybridized carbons (Fsp3) is 0.500. The van der Waals surface area contributed by atoms with Crippen molar-refractivity contribution in [3.05, 3.63) is 23.8 Å². The van der Waals surface area contributed by atoms with Gasteiger partial charge in [0.15, 0.2) is 0 Å². The molecule has 1 saturated carbocycles. The third kappa shape index (κ3) is 2.75. The van der Waals surface area contributed by atoms with Crippen LogP contribution in [0.3, 0.4) is 0 Å². The topological polar surface area (TPSA) is 66.6 Å². The largest absolute Gasteiger partial charge is 0.478 e. The van der Waals surface area contributed by atoms with Gasteiger partial charge in [0.05, 0.1) is 11.3 Å². The molecule has 4 nitrogen and oxygen atoms in total. The van der Waals surface area contributed by atoms with Crippen LogP contribution >= 0.6 is 0 Å². The van der Waals surface area contributed by atoms with Crippen LogP contribution in [0.25, 0.3) is 0 Å². The minimum atomic E-state index is -0.918. The van der Waals surface area contributed by atoms with Crippen LogP contribution < -0.4 is 10.6 Å². The lowest BCUT2D eigenvalue weighted by Crippen LogP contribution is -2.34. The molecule has 0 spiro atoms. The van der Waals surface area contributed by atoms with Gasteiger partial charge >= 0.3 is 5.97 Å². The zero-order valence-corrected chi connectivity index (χ0v) is 10.9. The number of rotatable bonds is 5. The van der Waals surface area contributed by atoms with Crippen molar-refractivity contribution in [2.75, 3.05) is 17.2 Å². The van der Waals surface area contributed by atoms with Crippen molar-refractivity contribution in [3.8, 4) is 0 Å². The average molecular weight is 248 g/mol. The Morgan fingerprint density at radius 3 is 2.67 bits per heavy atom. The summed E-state index contributed by atoms with van der Waals surface area (Å²) in [6.45, 7) is 5.11. The Balaban J connectivity index is 2.35. The number of benzene rings is 1. The van der Waals surface area contributed by atoms with Crippen LogP contribution in [0.1, 0.15) is 37.0 Å². The van der Waals surface area contributed by atoms with Crippen LogP contribution in [-0.2, 0) is 0 Å². The highest BCUT2D eigenvalue weighted by Crippen LogP contribution is 2.34. The highest BCUT2D eigenvalue weighted by atomic mass is 16.4. The molecular weight excluding hydrogens is 228 g/mol. The van der Waals surface area contributed by atoms with E-state index in [0.717, 1.165) is 12.2 Å². The number of nitrogens with two attached hydrogens (primary N) is 1. The number of carbonyl (C=O) groups is 1. The van der Waals surface area contributed by atoms with Gasteiger partial charge in [-0.05, 0) is 50.8 Å². The number of carboxylic acid groups (broad SMARTS) is 1. The van der Waals surface area contributed by atoms with Gasteiger partial charge in [-0.3, -0.25) is 0 Å². The van der Waals surface area contributed by atoms with Crippen molar-refractivity contribution in [1.29, 1.82) is 0 Å². The smallest absolute Gasteiger partial charge is 0.337 e. The molecule has 98 valence electrons. The molecular formula is C14H20N2O2. The Hall–Kier alpha value is -1.71. The molecule has 3 N–H and O–H groups in total. The van der Waals surface area contributed by atoms with Crippen LogP contribution in [0.15, 0.2) is 18.2 Å². The van der Waals surface area contributed by atoms with Gasteiger partial charge in [0.1, 0.15) is 0 Å². The molecule has 0 aromatic heterocycles. The van der Waals surface area contributed by atoms with E-state index in [1.54, 1.807) is 12.1 Å². The number of hydrogen-bond donors (Lipinski definition) is 2. The van der Waals surface area contributed by atoms with E-state index >= 15 is 0 Å². The molecule has 18 heavy (non-hydrogen) atoms. The molecule has 0 amide bonds. The number of nitrogens with zero attached hydrogens (tertiary/aromatic N) is 1. The van der Waals surface area contributed by atoms with Gasteiger partial charge < -0.3 is 15.7 Å². The van der Waals surface area contributed by atoms with E-state index in [0.29, 0.717) is 17.2 Å². The predicted octanol–water partition coefficient (Wildman–Crippen LogP) is 2.59. The molecule has 0 bridgehead atoms. The monoisotopic (exact) mass is 248 g/mol. The zero-order valence-electron chi connectivity index (χ0n) is 10.9. The number of nitrogen functional groups attached to an aromatic ring is 1. The molecule has 1 aliphatic carbocycles. The van der Waals surface area contributed by atoms with Crippen LogP contribution in [-0.4, -0.2) is 23.7 Å². The highest BCUT2D eigenvalue weighted by Gasteiger charge is 2.27. The molecule has 0 heterocycles. The molecule has 0 atom stereocenters. The normalized spacial score (nSPS) is 14.8. The summed E-state index contributed by atoms with van der Waals surface area (Å²) in [4.78, 5) is 13.5. The number of carboxylic acids is 1. The van der Waals surface area contributed by atoms with Crippen LogP contribution in [0.2, 0.25) is 0 Å². The lowest BCUT2D eigenvalue weighted by atomic mass is 10.1.